The number of hydrogen-bond donors (Lipinski definition) is 2. The Labute approximate surface area is 149 Å². The highest BCUT2D eigenvalue weighted by atomic mass is 32.2. The number of nitrogens with one attached hydrogen (secondary N) is 1. The van der Waals surface area contributed by atoms with E-state index in [0.717, 1.165) is 31.0 Å². The fourth-order valence-electron chi connectivity index (χ4n) is 2.95. The van der Waals surface area contributed by atoms with Gasteiger partial charge in [-0.15, -0.1) is 0 Å². The number of carbonyl (C=O) groups is 2. The number of amides is 2. The number of rotatable bonds is 4. The molecule has 2 amide bonds. The molecular formula is C16H20FN3O4S. The Hall–Kier alpha value is -2.16. The van der Waals surface area contributed by atoms with Gasteiger partial charge in [0.25, 0.3) is 0 Å². The van der Waals surface area contributed by atoms with Crippen molar-refractivity contribution in [2.24, 2.45) is 0 Å². The monoisotopic (exact) mass is 369 g/mol. The Kier molecular flexibility index (Phi) is 5.52. The van der Waals surface area contributed by atoms with Gasteiger partial charge in [-0.3, -0.25) is 4.90 Å². The van der Waals surface area contributed by atoms with Gasteiger partial charge in [0.2, 0.25) is 0 Å². The molecule has 3 rings (SSSR count). The molecule has 2 N–H and O–H groups in total. The van der Waals surface area contributed by atoms with Crippen LogP contribution >= 0.6 is 11.8 Å². The maximum absolute atomic E-state index is 14.6. The van der Waals surface area contributed by atoms with Crippen LogP contribution in [0.5, 0.6) is 0 Å². The zero-order valence-corrected chi connectivity index (χ0v) is 14.4. The number of anilines is 2. The number of ether oxygens (including phenoxy) is 1. The van der Waals surface area contributed by atoms with E-state index in [9.17, 15) is 14.0 Å². The van der Waals surface area contributed by atoms with Crippen molar-refractivity contribution in [3.8, 4) is 0 Å². The van der Waals surface area contributed by atoms with Crippen molar-refractivity contribution in [1.82, 2.24) is 5.32 Å². The standard InChI is InChI=1S/C16H20FN3O4S/c17-13-8-11(2-3-14(13)19-4-1-6-25-7-5-19)20-10-12(24-16(20)23)9-18-15(21)22/h2-3,8,12,18H,1,4-7,9-10H2,(H,21,22)/t12-/m0/s1. The predicted octanol–water partition coefficient (Wildman–Crippen LogP) is 2.36. The molecule has 136 valence electrons. The first-order valence-corrected chi connectivity index (χ1v) is 9.27. The van der Waals surface area contributed by atoms with Crippen molar-refractivity contribution < 1.29 is 23.8 Å². The number of carbonyl (C=O) groups excluding carboxylic acids is 1. The van der Waals surface area contributed by atoms with E-state index in [4.69, 9.17) is 9.84 Å². The quantitative estimate of drug-likeness (QED) is 0.848. The molecule has 9 heteroatoms. The minimum absolute atomic E-state index is 0.00356. The average molecular weight is 369 g/mol. The minimum Gasteiger partial charge on any atom is -0.465 e. The van der Waals surface area contributed by atoms with Gasteiger partial charge in [0, 0.05) is 18.8 Å². The van der Waals surface area contributed by atoms with Gasteiger partial charge in [-0.25, -0.2) is 14.0 Å². The first kappa shape index (κ1) is 17.7. The Morgan fingerprint density at radius 2 is 2.24 bits per heavy atom. The van der Waals surface area contributed by atoms with E-state index >= 15 is 0 Å². The van der Waals surface area contributed by atoms with Crippen LogP contribution in [0.15, 0.2) is 18.2 Å². The molecule has 1 atom stereocenters. The molecule has 7 nitrogen and oxygen atoms in total. The van der Waals surface area contributed by atoms with Gasteiger partial charge in [-0.05, 0) is 30.4 Å². The summed E-state index contributed by atoms with van der Waals surface area (Å²) in [5, 5.41) is 10.8. The number of nitrogens with zero attached hydrogens (tertiary/aromatic N) is 2. The maximum atomic E-state index is 14.6. The summed E-state index contributed by atoms with van der Waals surface area (Å²) in [5.74, 6) is 1.68. The molecule has 0 spiro atoms. The summed E-state index contributed by atoms with van der Waals surface area (Å²) in [5.41, 5.74) is 0.955. The first-order chi connectivity index (χ1) is 12.0. The van der Waals surface area contributed by atoms with Gasteiger partial charge in [0.1, 0.15) is 11.9 Å². The van der Waals surface area contributed by atoms with Crippen LogP contribution in [-0.4, -0.2) is 61.1 Å². The molecular weight excluding hydrogens is 349 g/mol. The first-order valence-electron chi connectivity index (χ1n) is 8.12. The lowest BCUT2D eigenvalue weighted by molar-refractivity contribution is 0.136. The molecule has 0 aliphatic carbocycles. The van der Waals surface area contributed by atoms with Crippen LogP contribution in [0, 0.1) is 5.82 Å². The van der Waals surface area contributed by atoms with E-state index in [1.807, 2.05) is 16.7 Å². The third-order valence-corrected chi connectivity index (χ3v) is 5.21. The number of cyclic esters (lactones) is 1. The molecule has 2 fully saturated rings. The molecule has 25 heavy (non-hydrogen) atoms. The van der Waals surface area contributed by atoms with Crippen LogP contribution in [0.4, 0.5) is 25.4 Å². The smallest absolute Gasteiger partial charge is 0.414 e. The topological polar surface area (TPSA) is 82.1 Å². The fraction of sp³-hybridized carbons (Fsp3) is 0.500. The highest BCUT2D eigenvalue weighted by molar-refractivity contribution is 7.99. The van der Waals surface area contributed by atoms with Crippen LogP contribution in [0.1, 0.15) is 6.42 Å². The SMILES string of the molecule is O=C(O)NC[C@H]1CN(c2ccc(N3CCCSCC3)c(F)c2)C(=O)O1. The Morgan fingerprint density at radius 1 is 1.40 bits per heavy atom. The van der Waals surface area contributed by atoms with E-state index in [-0.39, 0.29) is 18.9 Å². The molecule has 2 saturated heterocycles. The molecule has 0 unspecified atom stereocenters. The van der Waals surface area contributed by atoms with E-state index in [1.54, 1.807) is 12.1 Å². The van der Waals surface area contributed by atoms with Crippen molar-refractivity contribution in [1.29, 1.82) is 0 Å². The van der Waals surface area contributed by atoms with Gasteiger partial charge in [-0.1, -0.05) is 0 Å². The molecule has 1 aromatic carbocycles. The average Bonchev–Trinajstić information content (AvgIpc) is 2.78. The normalized spacial score (nSPS) is 21.0. The van der Waals surface area contributed by atoms with Gasteiger partial charge < -0.3 is 20.1 Å². The lowest BCUT2D eigenvalue weighted by Gasteiger charge is -2.24. The number of hydrogen-bond acceptors (Lipinski definition) is 5. The predicted molar refractivity (Wildman–Crippen MR) is 94.2 cm³/mol. The van der Waals surface area contributed by atoms with Crippen LogP contribution in [0.3, 0.4) is 0 Å². The van der Waals surface area contributed by atoms with Crippen molar-refractivity contribution >= 4 is 35.3 Å². The van der Waals surface area contributed by atoms with E-state index in [1.165, 1.54) is 11.0 Å². The molecule has 2 aliphatic heterocycles. The third-order valence-electron chi connectivity index (χ3n) is 4.16. The van der Waals surface area contributed by atoms with E-state index < -0.39 is 18.3 Å². The molecule has 0 aromatic heterocycles. The van der Waals surface area contributed by atoms with Crippen molar-refractivity contribution in [2.45, 2.75) is 12.5 Å². The fourth-order valence-corrected chi connectivity index (χ4v) is 3.83. The maximum Gasteiger partial charge on any atom is 0.414 e. The zero-order chi connectivity index (χ0) is 17.8. The summed E-state index contributed by atoms with van der Waals surface area (Å²) in [7, 11) is 0. The Bertz CT molecular complexity index is 652. The van der Waals surface area contributed by atoms with Gasteiger partial charge in [-0.2, -0.15) is 11.8 Å². The largest absolute Gasteiger partial charge is 0.465 e. The van der Waals surface area contributed by atoms with Gasteiger partial charge in [0.15, 0.2) is 0 Å². The van der Waals surface area contributed by atoms with Crippen molar-refractivity contribution in [3.05, 3.63) is 24.0 Å². The van der Waals surface area contributed by atoms with Crippen LogP contribution in [0.2, 0.25) is 0 Å². The number of benzene rings is 1. The summed E-state index contributed by atoms with van der Waals surface area (Å²) < 4.78 is 19.7. The van der Waals surface area contributed by atoms with E-state index in [0.29, 0.717) is 11.4 Å². The van der Waals surface area contributed by atoms with Gasteiger partial charge >= 0.3 is 12.2 Å². The molecule has 1 aromatic rings. The lowest BCUT2D eigenvalue weighted by Crippen LogP contribution is -2.33. The molecule has 2 heterocycles. The highest BCUT2D eigenvalue weighted by Crippen LogP contribution is 2.29. The summed E-state index contributed by atoms with van der Waals surface area (Å²) >= 11 is 1.87. The summed E-state index contributed by atoms with van der Waals surface area (Å²) in [6, 6.07) is 4.73. The van der Waals surface area contributed by atoms with E-state index in [2.05, 4.69) is 5.32 Å². The summed E-state index contributed by atoms with van der Waals surface area (Å²) in [6.45, 7) is 1.80. The Morgan fingerprint density at radius 3 is 3.00 bits per heavy atom. The van der Waals surface area contributed by atoms with Crippen LogP contribution in [0.25, 0.3) is 0 Å². The number of halogens is 1. The molecule has 0 radical (unpaired) electrons. The Balaban J connectivity index is 1.69. The zero-order valence-electron chi connectivity index (χ0n) is 13.6. The van der Waals surface area contributed by atoms with Crippen molar-refractivity contribution in [2.75, 3.05) is 47.5 Å². The second-order valence-electron chi connectivity index (χ2n) is 5.89. The minimum atomic E-state index is -1.18. The second kappa shape index (κ2) is 7.81. The molecule has 0 saturated carbocycles. The summed E-state index contributed by atoms with van der Waals surface area (Å²) in [4.78, 5) is 25.8. The molecule has 2 aliphatic rings. The van der Waals surface area contributed by atoms with Crippen LogP contribution in [-0.2, 0) is 4.74 Å². The van der Waals surface area contributed by atoms with Crippen molar-refractivity contribution in [3.63, 3.8) is 0 Å². The highest BCUT2D eigenvalue weighted by Gasteiger charge is 2.33. The lowest BCUT2D eigenvalue weighted by atomic mass is 10.2. The number of carboxylic acid groups (broad SMARTS) is 1. The van der Waals surface area contributed by atoms with Crippen LogP contribution < -0.4 is 15.1 Å². The van der Waals surface area contributed by atoms with Gasteiger partial charge in [0.05, 0.1) is 24.5 Å². The third kappa shape index (κ3) is 4.28. The number of thioether (sulfide) groups is 1. The second-order valence-corrected chi connectivity index (χ2v) is 7.12. The summed E-state index contributed by atoms with van der Waals surface area (Å²) in [6.07, 6.45) is -1.35. The molecule has 0 bridgehead atoms.